The van der Waals surface area contributed by atoms with Crippen molar-refractivity contribution in [3.63, 3.8) is 0 Å². The molecule has 3 nitrogen and oxygen atoms in total. The average molecular weight is 184 g/mol. The molecule has 0 bridgehead atoms. The minimum atomic E-state index is -1.29. The molecule has 0 spiro atoms. The molecule has 1 aliphatic heterocycles. The third-order valence-electron chi connectivity index (χ3n) is 2.40. The van der Waals surface area contributed by atoms with Crippen LogP contribution in [0.1, 0.15) is 33.1 Å². The normalized spacial score (nSPS) is 35.0. The highest BCUT2D eigenvalue weighted by Gasteiger charge is 2.32. The molecule has 0 amide bonds. The Morgan fingerprint density at radius 3 is 2.92 bits per heavy atom. The fourth-order valence-electron chi connectivity index (χ4n) is 1.50. The van der Waals surface area contributed by atoms with Crippen LogP contribution in [0.2, 0.25) is 0 Å². The summed E-state index contributed by atoms with van der Waals surface area (Å²) < 4.78 is 4.85. The van der Waals surface area contributed by atoms with E-state index in [1.54, 1.807) is 0 Å². The molecular formula is C10H16O3. The van der Waals surface area contributed by atoms with Gasteiger partial charge in [0.15, 0.2) is 0 Å². The minimum absolute atomic E-state index is 0.154. The molecule has 0 aliphatic carbocycles. The van der Waals surface area contributed by atoms with Crippen LogP contribution in [0.4, 0.5) is 0 Å². The summed E-state index contributed by atoms with van der Waals surface area (Å²) in [4.78, 5) is 11.2. The number of hydrogen-bond acceptors (Lipinski definition) is 3. The first kappa shape index (κ1) is 10.3. The summed E-state index contributed by atoms with van der Waals surface area (Å²) >= 11 is 0. The molecule has 1 aliphatic rings. The van der Waals surface area contributed by atoms with Crippen molar-refractivity contribution in [3.8, 4) is 0 Å². The highest BCUT2D eigenvalue weighted by atomic mass is 16.7. The summed E-state index contributed by atoms with van der Waals surface area (Å²) in [6.45, 7) is 7.23. The Labute approximate surface area is 78.4 Å². The van der Waals surface area contributed by atoms with E-state index in [4.69, 9.17) is 4.74 Å². The van der Waals surface area contributed by atoms with E-state index in [0.717, 1.165) is 12.0 Å². The van der Waals surface area contributed by atoms with Crippen LogP contribution < -0.4 is 0 Å². The molecule has 1 rings (SSSR count). The third-order valence-corrected chi connectivity index (χ3v) is 2.40. The fourth-order valence-corrected chi connectivity index (χ4v) is 1.50. The van der Waals surface area contributed by atoms with E-state index >= 15 is 0 Å². The van der Waals surface area contributed by atoms with Crippen molar-refractivity contribution >= 4 is 5.97 Å². The summed E-state index contributed by atoms with van der Waals surface area (Å²) in [6, 6.07) is 0. The molecule has 1 saturated heterocycles. The summed E-state index contributed by atoms with van der Waals surface area (Å²) in [5.41, 5.74) is 0.981. The first-order chi connectivity index (χ1) is 5.91. The van der Waals surface area contributed by atoms with E-state index in [1.807, 2.05) is 6.92 Å². The summed E-state index contributed by atoms with van der Waals surface area (Å²) in [5, 5.41) is 9.55. The van der Waals surface area contributed by atoms with Gasteiger partial charge in [-0.05, 0) is 19.3 Å². The Hall–Kier alpha value is -0.830. The number of hydrogen-bond donors (Lipinski definition) is 1. The molecule has 1 N–H and O–H groups in total. The quantitative estimate of drug-likeness (QED) is 0.497. The Bertz CT molecular complexity index is 230. The lowest BCUT2D eigenvalue weighted by molar-refractivity contribution is -0.200. The van der Waals surface area contributed by atoms with Crippen LogP contribution in [0, 0.1) is 5.92 Å². The minimum Gasteiger partial charge on any atom is -0.434 e. The molecule has 1 heterocycles. The van der Waals surface area contributed by atoms with Crippen molar-refractivity contribution in [2.45, 2.75) is 38.9 Å². The van der Waals surface area contributed by atoms with Crippen LogP contribution in [0.15, 0.2) is 12.2 Å². The molecule has 74 valence electrons. The number of ether oxygens (including phenoxy) is 1. The maximum absolute atomic E-state index is 11.2. The Balaban J connectivity index is 2.69. The maximum Gasteiger partial charge on any atom is 0.308 e. The van der Waals surface area contributed by atoms with Crippen LogP contribution >= 0.6 is 0 Å². The van der Waals surface area contributed by atoms with Gasteiger partial charge in [0.05, 0.1) is 6.42 Å². The predicted molar refractivity (Wildman–Crippen MR) is 48.9 cm³/mol. The first-order valence-electron chi connectivity index (χ1n) is 4.50. The second kappa shape index (κ2) is 3.50. The fraction of sp³-hybridized carbons (Fsp3) is 0.700. The van der Waals surface area contributed by atoms with Gasteiger partial charge >= 0.3 is 5.97 Å². The van der Waals surface area contributed by atoms with Crippen molar-refractivity contribution < 1.29 is 14.6 Å². The Morgan fingerprint density at radius 1 is 1.77 bits per heavy atom. The van der Waals surface area contributed by atoms with Crippen molar-refractivity contribution in [1.29, 1.82) is 0 Å². The van der Waals surface area contributed by atoms with E-state index < -0.39 is 5.79 Å². The standard InChI is InChI=1S/C10H16O3/c1-7(2)8-4-5-10(3,12)13-9(11)6-8/h8,12H,1,4-6H2,2-3H3/t8-,10-/m0/s1. The molecular weight excluding hydrogens is 168 g/mol. The zero-order valence-electron chi connectivity index (χ0n) is 8.17. The highest BCUT2D eigenvalue weighted by Crippen LogP contribution is 2.29. The van der Waals surface area contributed by atoms with E-state index in [-0.39, 0.29) is 11.9 Å². The maximum atomic E-state index is 11.2. The largest absolute Gasteiger partial charge is 0.434 e. The van der Waals surface area contributed by atoms with Gasteiger partial charge in [-0.15, -0.1) is 0 Å². The van der Waals surface area contributed by atoms with Gasteiger partial charge < -0.3 is 9.84 Å². The van der Waals surface area contributed by atoms with Crippen LogP contribution in [-0.4, -0.2) is 16.9 Å². The summed E-state index contributed by atoms with van der Waals surface area (Å²) in [7, 11) is 0. The molecule has 2 atom stereocenters. The van der Waals surface area contributed by atoms with Gasteiger partial charge in [0.1, 0.15) is 0 Å². The van der Waals surface area contributed by atoms with Gasteiger partial charge in [-0.25, -0.2) is 0 Å². The molecule has 0 aromatic heterocycles. The van der Waals surface area contributed by atoms with Crippen LogP contribution in [-0.2, 0) is 9.53 Å². The molecule has 0 aromatic rings. The average Bonchev–Trinajstić information content (AvgIpc) is 2.07. The van der Waals surface area contributed by atoms with E-state index in [0.29, 0.717) is 12.8 Å². The van der Waals surface area contributed by atoms with Crippen LogP contribution in [0.3, 0.4) is 0 Å². The highest BCUT2D eigenvalue weighted by molar-refractivity contribution is 5.70. The van der Waals surface area contributed by atoms with Gasteiger partial charge in [-0.3, -0.25) is 4.79 Å². The van der Waals surface area contributed by atoms with E-state index in [1.165, 1.54) is 6.92 Å². The third kappa shape index (κ3) is 2.84. The lowest BCUT2D eigenvalue weighted by atomic mass is 9.92. The molecule has 0 radical (unpaired) electrons. The lowest BCUT2D eigenvalue weighted by Crippen LogP contribution is -2.28. The monoisotopic (exact) mass is 184 g/mol. The van der Waals surface area contributed by atoms with Gasteiger partial charge in [-0.1, -0.05) is 12.2 Å². The van der Waals surface area contributed by atoms with Gasteiger partial charge in [-0.2, -0.15) is 0 Å². The van der Waals surface area contributed by atoms with E-state index in [9.17, 15) is 9.90 Å². The Morgan fingerprint density at radius 2 is 2.38 bits per heavy atom. The number of aliphatic hydroxyl groups is 1. The topological polar surface area (TPSA) is 46.5 Å². The number of allylic oxidation sites excluding steroid dienone is 1. The van der Waals surface area contributed by atoms with Crippen molar-refractivity contribution in [1.82, 2.24) is 0 Å². The molecule has 1 fully saturated rings. The SMILES string of the molecule is C=C(C)[C@H]1CC[C@@](C)(O)OC(=O)C1. The van der Waals surface area contributed by atoms with Crippen molar-refractivity contribution in [2.75, 3.05) is 0 Å². The van der Waals surface area contributed by atoms with Crippen LogP contribution in [0.5, 0.6) is 0 Å². The lowest BCUT2D eigenvalue weighted by Gasteiger charge is -2.20. The van der Waals surface area contributed by atoms with E-state index in [2.05, 4.69) is 6.58 Å². The van der Waals surface area contributed by atoms with Crippen LogP contribution in [0.25, 0.3) is 0 Å². The van der Waals surface area contributed by atoms with Crippen molar-refractivity contribution in [2.24, 2.45) is 5.92 Å². The number of esters is 1. The Kier molecular flexibility index (Phi) is 2.76. The smallest absolute Gasteiger partial charge is 0.308 e. The number of rotatable bonds is 1. The predicted octanol–water partition coefficient (Wildman–Crippen LogP) is 1.61. The summed E-state index contributed by atoms with van der Waals surface area (Å²) in [6.07, 6.45) is 1.58. The second-order valence-electron chi connectivity index (χ2n) is 3.94. The molecule has 13 heavy (non-hydrogen) atoms. The van der Waals surface area contributed by atoms with Gasteiger partial charge in [0, 0.05) is 13.3 Å². The van der Waals surface area contributed by atoms with Crippen molar-refractivity contribution in [3.05, 3.63) is 12.2 Å². The second-order valence-corrected chi connectivity index (χ2v) is 3.94. The molecule has 0 saturated carbocycles. The molecule has 0 aromatic carbocycles. The number of carbonyl (C=O) groups is 1. The zero-order chi connectivity index (χ0) is 10.1. The molecule has 0 unspecified atom stereocenters. The van der Waals surface area contributed by atoms with Gasteiger partial charge in [0.25, 0.3) is 0 Å². The summed E-state index contributed by atoms with van der Waals surface area (Å²) in [5.74, 6) is -1.47. The number of carbonyl (C=O) groups excluding carboxylic acids is 1. The first-order valence-corrected chi connectivity index (χ1v) is 4.50. The zero-order valence-corrected chi connectivity index (χ0v) is 8.17. The molecule has 3 heteroatoms. The number of cyclic esters (lactones) is 1. The van der Waals surface area contributed by atoms with Gasteiger partial charge in [0.2, 0.25) is 5.79 Å².